The molecule has 8 nitrogen and oxygen atoms in total. The molecule has 0 saturated heterocycles. The highest BCUT2D eigenvalue weighted by Gasteiger charge is 2.46. The van der Waals surface area contributed by atoms with Gasteiger partial charge in [0.2, 0.25) is 5.91 Å². The van der Waals surface area contributed by atoms with E-state index in [9.17, 15) is 14.4 Å². The Kier molecular flexibility index (Phi) is 8.05. The van der Waals surface area contributed by atoms with Crippen LogP contribution in [-0.2, 0) is 22.4 Å². The molecule has 1 aromatic heterocycles. The van der Waals surface area contributed by atoms with Crippen LogP contribution in [0.2, 0.25) is 0 Å². The summed E-state index contributed by atoms with van der Waals surface area (Å²) in [6.07, 6.45) is 4.29. The van der Waals surface area contributed by atoms with Gasteiger partial charge in [-0.2, -0.15) is 0 Å². The van der Waals surface area contributed by atoms with Crippen LogP contribution in [0.1, 0.15) is 28.4 Å². The van der Waals surface area contributed by atoms with Gasteiger partial charge in [0.05, 0.1) is 23.9 Å². The second kappa shape index (κ2) is 12.0. The number of nitrogens with zero attached hydrogens (tertiary/aromatic N) is 3. The summed E-state index contributed by atoms with van der Waals surface area (Å²) in [5.74, 6) is -0.495. The molecular weight excluding hydrogens is 502 g/mol. The molecule has 0 radical (unpaired) electrons. The number of benzene rings is 2. The smallest absolute Gasteiger partial charge is 0.322 e. The number of nitrogens with one attached hydrogen (secondary N) is 2. The molecule has 3 heterocycles. The van der Waals surface area contributed by atoms with E-state index in [1.807, 2.05) is 79.7 Å². The summed E-state index contributed by atoms with van der Waals surface area (Å²) in [7, 11) is 0. The second-order valence-corrected chi connectivity index (χ2v) is 10.1. The van der Waals surface area contributed by atoms with Gasteiger partial charge in [-0.15, -0.1) is 6.58 Å². The van der Waals surface area contributed by atoms with Crippen LogP contribution < -0.4 is 10.6 Å². The van der Waals surface area contributed by atoms with Crippen molar-refractivity contribution in [3.63, 3.8) is 0 Å². The zero-order chi connectivity index (χ0) is 28.1. The van der Waals surface area contributed by atoms with Gasteiger partial charge in [-0.25, -0.2) is 4.79 Å². The van der Waals surface area contributed by atoms with Crippen molar-refractivity contribution in [1.82, 2.24) is 25.4 Å². The minimum Gasteiger partial charge on any atom is -0.354 e. The van der Waals surface area contributed by atoms with Crippen molar-refractivity contribution in [3.8, 4) is 0 Å². The summed E-state index contributed by atoms with van der Waals surface area (Å²) in [4.78, 5) is 48.5. The molecule has 2 aliphatic heterocycles. The van der Waals surface area contributed by atoms with Gasteiger partial charge in [0.1, 0.15) is 6.04 Å². The van der Waals surface area contributed by atoms with Gasteiger partial charge in [0.15, 0.2) is 0 Å². The van der Waals surface area contributed by atoms with E-state index in [1.165, 1.54) is 0 Å². The zero-order valence-electron chi connectivity index (χ0n) is 22.5. The first-order valence-electron chi connectivity index (χ1n) is 13.5. The van der Waals surface area contributed by atoms with Gasteiger partial charge in [-0.3, -0.25) is 19.5 Å². The summed E-state index contributed by atoms with van der Waals surface area (Å²) in [5, 5.41) is 6.03. The summed E-state index contributed by atoms with van der Waals surface area (Å²) in [6.45, 7) is 6.59. The second-order valence-electron chi connectivity index (χ2n) is 10.1. The lowest BCUT2D eigenvalue weighted by atomic mass is 9.94. The minimum absolute atomic E-state index is 0.156. The highest BCUT2D eigenvalue weighted by Crippen LogP contribution is 2.37. The monoisotopic (exact) mass is 535 g/mol. The third-order valence-corrected chi connectivity index (χ3v) is 7.33. The first kappa shape index (κ1) is 26.9. The summed E-state index contributed by atoms with van der Waals surface area (Å²) < 4.78 is 0. The Hall–Kier alpha value is -4.72. The van der Waals surface area contributed by atoms with Crippen LogP contribution in [0.5, 0.6) is 0 Å². The molecule has 204 valence electrons. The molecule has 5 rings (SSSR count). The summed E-state index contributed by atoms with van der Waals surface area (Å²) in [6, 6.07) is 21.5. The first-order valence-corrected chi connectivity index (χ1v) is 13.5. The molecule has 2 atom stereocenters. The Labute approximate surface area is 234 Å². The van der Waals surface area contributed by atoms with Crippen molar-refractivity contribution in [2.45, 2.75) is 31.8 Å². The summed E-state index contributed by atoms with van der Waals surface area (Å²) >= 11 is 0. The van der Waals surface area contributed by atoms with E-state index in [0.29, 0.717) is 30.7 Å². The molecule has 0 spiro atoms. The number of urea groups is 1. The fraction of sp³-hybridized carbons (Fsp3) is 0.250. The van der Waals surface area contributed by atoms with Crippen LogP contribution in [0.4, 0.5) is 4.79 Å². The van der Waals surface area contributed by atoms with Crippen LogP contribution in [0.3, 0.4) is 0 Å². The normalized spacial score (nSPS) is 17.4. The number of aryl methyl sites for hydroxylation is 1. The molecule has 3 aromatic rings. The Balaban J connectivity index is 1.44. The first-order chi connectivity index (χ1) is 19.5. The SMILES string of the molecule is C=CCN1C(=O)N[C@@H](c2ccc(C)cc2)C2=C1CN([C@@H](Cc1ccccc1)C(=O)NCCc1ccccn1)C2=O. The number of pyridine rings is 1. The average Bonchev–Trinajstić information content (AvgIpc) is 3.31. The highest BCUT2D eigenvalue weighted by molar-refractivity contribution is 6.03. The molecule has 40 heavy (non-hydrogen) atoms. The number of carbonyl (C=O) groups excluding carboxylic acids is 3. The Morgan fingerprint density at radius 1 is 1.10 bits per heavy atom. The Morgan fingerprint density at radius 3 is 2.55 bits per heavy atom. The summed E-state index contributed by atoms with van der Waals surface area (Å²) in [5.41, 5.74) is 4.82. The molecule has 0 bridgehead atoms. The van der Waals surface area contributed by atoms with Gasteiger partial charge >= 0.3 is 6.03 Å². The van der Waals surface area contributed by atoms with Crippen LogP contribution in [-0.4, -0.2) is 58.3 Å². The molecule has 0 aliphatic carbocycles. The maximum absolute atomic E-state index is 14.2. The maximum Gasteiger partial charge on any atom is 0.322 e. The predicted molar refractivity (Wildman–Crippen MR) is 153 cm³/mol. The van der Waals surface area contributed by atoms with E-state index in [-0.39, 0.29) is 30.9 Å². The lowest BCUT2D eigenvalue weighted by molar-refractivity contribution is -0.136. The third-order valence-electron chi connectivity index (χ3n) is 7.33. The molecule has 2 N–H and O–H groups in total. The van der Waals surface area contributed by atoms with E-state index in [4.69, 9.17) is 0 Å². The lowest BCUT2D eigenvalue weighted by Gasteiger charge is -2.33. The minimum atomic E-state index is -0.761. The van der Waals surface area contributed by atoms with Crippen LogP contribution in [0, 0.1) is 6.92 Å². The van der Waals surface area contributed by atoms with E-state index in [0.717, 1.165) is 22.4 Å². The number of aromatic nitrogens is 1. The average molecular weight is 536 g/mol. The van der Waals surface area contributed by atoms with Crippen molar-refractivity contribution >= 4 is 17.8 Å². The standard InChI is InChI=1S/C32H33N5O3/c1-3-19-36-27-21-37(31(39)28(27)29(35-32(36)40)24-14-12-22(2)13-15-24)26(20-23-9-5-4-6-10-23)30(38)34-18-16-25-11-7-8-17-33-25/h3-15,17,26,29H,1,16,18-21H2,2H3,(H,34,38)(H,35,40)/t26-,29-/m0/s1. The molecular formula is C32H33N5O3. The van der Waals surface area contributed by atoms with Gasteiger partial charge in [-0.05, 0) is 30.2 Å². The number of hydrogen-bond acceptors (Lipinski definition) is 4. The van der Waals surface area contributed by atoms with Crippen molar-refractivity contribution in [2.24, 2.45) is 0 Å². The molecule has 0 saturated carbocycles. The van der Waals surface area contributed by atoms with Crippen molar-refractivity contribution < 1.29 is 14.4 Å². The molecule has 2 aromatic carbocycles. The Bertz CT molecular complexity index is 1420. The number of carbonyl (C=O) groups is 3. The highest BCUT2D eigenvalue weighted by atomic mass is 16.2. The Morgan fingerprint density at radius 2 is 1.85 bits per heavy atom. The van der Waals surface area contributed by atoms with E-state index in [1.54, 1.807) is 22.1 Å². The maximum atomic E-state index is 14.2. The van der Waals surface area contributed by atoms with E-state index >= 15 is 0 Å². The van der Waals surface area contributed by atoms with E-state index in [2.05, 4.69) is 22.2 Å². The topological polar surface area (TPSA) is 94.6 Å². The largest absolute Gasteiger partial charge is 0.354 e. The van der Waals surface area contributed by atoms with Gasteiger partial charge in [0.25, 0.3) is 5.91 Å². The van der Waals surface area contributed by atoms with Gasteiger partial charge in [-0.1, -0.05) is 72.3 Å². The third kappa shape index (κ3) is 5.66. The predicted octanol–water partition coefficient (Wildman–Crippen LogP) is 3.71. The van der Waals surface area contributed by atoms with Crippen molar-refractivity contribution in [1.29, 1.82) is 0 Å². The van der Waals surface area contributed by atoms with Crippen molar-refractivity contribution in [3.05, 3.63) is 125 Å². The van der Waals surface area contributed by atoms with Crippen molar-refractivity contribution in [2.75, 3.05) is 19.6 Å². The molecule has 2 aliphatic rings. The quantitative estimate of drug-likeness (QED) is 0.387. The van der Waals surface area contributed by atoms with E-state index < -0.39 is 12.1 Å². The zero-order valence-corrected chi connectivity index (χ0v) is 22.5. The number of amides is 4. The fourth-order valence-electron chi connectivity index (χ4n) is 5.26. The fourth-order valence-corrected chi connectivity index (χ4v) is 5.26. The molecule has 8 heteroatoms. The number of hydrogen-bond donors (Lipinski definition) is 2. The lowest BCUT2D eigenvalue weighted by Crippen LogP contribution is -2.50. The van der Waals surface area contributed by atoms with Crippen LogP contribution in [0.25, 0.3) is 0 Å². The molecule has 4 amide bonds. The molecule has 0 fully saturated rings. The molecule has 0 unspecified atom stereocenters. The van der Waals surface area contributed by atoms with Crippen LogP contribution >= 0.6 is 0 Å². The van der Waals surface area contributed by atoms with Gasteiger partial charge < -0.3 is 15.5 Å². The van der Waals surface area contributed by atoms with Crippen LogP contribution in [0.15, 0.2) is 103 Å². The van der Waals surface area contributed by atoms with Gasteiger partial charge in [0, 0.05) is 37.8 Å². The number of rotatable bonds is 10.